The topological polar surface area (TPSA) is 78.6 Å². The zero-order chi connectivity index (χ0) is 25.1. The molecule has 182 valence electrons. The van der Waals surface area contributed by atoms with E-state index in [9.17, 15) is 14.9 Å². The van der Waals surface area contributed by atoms with Crippen molar-refractivity contribution in [3.8, 4) is 11.8 Å². The normalized spacial score (nSPS) is 16.9. The summed E-state index contributed by atoms with van der Waals surface area (Å²) >= 11 is 6.81. The molecule has 9 heteroatoms. The SMILES string of the molecule is CCCn1c(N2CCCC2)c(C=C2SC(=S)N(Cc3ccc(OC)cc3)C2=O)c(C)c(C#N)c1=O. The van der Waals surface area contributed by atoms with E-state index in [2.05, 4.69) is 11.0 Å². The lowest BCUT2D eigenvalue weighted by atomic mass is 10.0. The van der Waals surface area contributed by atoms with Crippen molar-refractivity contribution in [3.63, 3.8) is 0 Å². The summed E-state index contributed by atoms with van der Waals surface area (Å²) in [5, 5.41) is 9.76. The van der Waals surface area contributed by atoms with Crippen molar-refractivity contribution in [2.75, 3.05) is 25.1 Å². The predicted octanol–water partition coefficient (Wildman–Crippen LogP) is 4.45. The van der Waals surface area contributed by atoms with Crippen molar-refractivity contribution in [1.29, 1.82) is 5.26 Å². The van der Waals surface area contributed by atoms with Crippen LogP contribution in [-0.4, -0.2) is 39.9 Å². The van der Waals surface area contributed by atoms with Gasteiger partial charge in [-0.2, -0.15) is 5.26 Å². The number of hydrogen-bond acceptors (Lipinski definition) is 7. The van der Waals surface area contributed by atoms with Gasteiger partial charge in [0.25, 0.3) is 11.5 Å². The molecule has 0 radical (unpaired) electrons. The summed E-state index contributed by atoms with van der Waals surface area (Å²) in [6.07, 6.45) is 4.67. The molecule has 3 heterocycles. The minimum atomic E-state index is -0.266. The maximum Gasteiger partial charge on any atom is 0.270 e. The Bertz CT molecular complexity index is 1290. The van der Waals surface area contributed by atoms with Gasteiger partial charge in [0.1, 0.15) is 27.5 Å². The molecule has 2 aliphatic heterocycles. The van der Waals surface area contributed by atoms with Gasteiger partial charge in [0.05, 0.1) is 18.6 Å². The fourth-order valence-corrected chi connectivity index (χ4v) is 5.76. The van der Waals surface area contributed by atoms with Gasteiger partial charge in [-0.3, -0.25) is 19.1 Å². The van der Waals surface area contributed by atoms with Crippen LogP contribution in [0.25, 0.3) is 6.08 Å². The van der Waals surface area contributed by atoms with Crippen molar-refractivity contribution < 1.29 is 9.53 Å². The summed E-state index contributed by atoms with van der Waals surface area (Å²) in [6, 6.07) is 9.64. The van der Waals surface area contributed by atoms with E-state index in [1.165, 1.54) is 11.8 Å². The van der Waals surface area contributed by atoms with Crippen molar-refractivity contribution in [1.82, 2.24) is 9.47 Å². The van der Waals surface area contributed by atoms with Gasteiger partial charge < -0.3 is 9.64 Å². The third-order valence-corrected chi connectivity index (χ3v) is 7.73. The number of rotatable bonds is 7. The number of nitriles is 1. The molecule has 4 rings (SSSR count). The highest BCUT2D eigenvalue weighted by molar-refractivity contribution is 8.26. The largest absolute Gasteiger partial charge is 0.497 e. The van der Waals surface area contributed by atoms with E-state index in [-0.39, 0.29) is 17.0 Å². The monoisotopic (exact) mass is 508 g/mol. The van der Waals surface area contributed by atoms with Gasteiger partial charge >= 0.3 is 0 Å². The fraction of sp³-hybridized carbons (Fsp3) is 0.385. The lowest BCUT2D eigenvalue weighted by Crippen LogP contribution is -2.33. The molecule has 2 aliphatic rings. The molecule has 2 fully saturated rings. The van der Waals surface area contributed by atoms with Gasteiger partial charge in [0.15, 0.2) is 0 Å². The van der Waals surface area contributed by atoms with Gasteiger partial charge in [-0.25, -0.2) is 0 Å². The Morgan fingerprint density at radius 3 is 2.49 bits per heavy atom. The number of amides is 1. The van der Waals surface area contributed by atoms with Gasteiger partial charge in [-0.05, 0) is 55.5 Å². The van der Waals surface area contributed by atoms with Crippen LogP contribution in [0.15, 0.2) is 34.0 Å². The Balaban J connectivity index is 1.77. The number of methoxy groups -OCH3 is 1. The summed E-state index contributed by atoms with van der Waals surface area (Å²) in [7, 11) is 1.61. The minimum Gasteiger partial charge on any atom is -0.497 e. The lowest BCUT2D eigenvalue weighted by Gasteiger charge is -2.26. The van der Waals surface area contributed by atoms with Gasteiger partial charge in [0.2, 0.25) is 0 Å². The molecule has 2 saturated heterocycles. The number of thiocarbonyl (C=S) groups is 1. The van der Waals surface area contributed by atoms with Crippen LogP contribution in [0.1, 0.15) is 48.4 Å². The van der Waals surface area contributed by atoms with Gasteiger partial charge in [-0.1, -0.05) is 43.0 Å². The predicted molar refractivity (Wildman–Crippen MR) is 144 cm³/mol. The number of carbonyl (C=O) groups excluding carboxylic acids is 1. The number of benzene rings is 1. The fourth-order valence-electron chi connectivity index (χ4n) is 4.53. The zero-order valence-electron chi connectivity index (χ0n) is 20.2. The van der Waals surface area contributed by atoms with Crippen LogP contribution in [0.4, 0.5) is 5.82 Å². The first kappa shape index (κ1) is 25.0. The molecule has 1 aromatic carbocycles. The summed E-state index contributed by atoms with van der Waals surface area (Å²) in [6.45, 7) is 6.36. The van der Waals surface area contributed by atoms with Crippen molar-refractivity contribution >= 4 is 46.1 Å². The van der Waals surface area contributed by atoms with Crippen molar-refractivity contribution in [3.05, 3.63) is 61.8 Å². The van der Waals surface area contributed by atoms with Crippen LogP contribution in [0, 0.1) is 18.3 Å². The summed E-state index contributed by atoms with van der Waals surface area (Å²) < 4.78 is 7.41. The molecular formula is C26H28N4O3S2. The molecule has 0 aliphatic carbocycles. The second-order valence-corrected chi connectivity index (χ2v) is 10.3. The van der Waals surface area contributed by atoms with E-state index < -0.39 is 0 Å². The Morgan fingerprint density at radius 1 is 1.20 bits per heavy atom. The quantitative estimate of drug-likeness (QED) is 0.404. The smallest absolute Gasteiger partial charge is 0.270 e. The van der Waals surface area contributed by atoms with E-state index in [0.717, 1.165) is 55.0 Å². The first-order valence-corrected chi connectivity index (χ1v) is 12.9. The molecule has 1 amide bonds. The average molecular weight is 509 g/mol. The lowest BCUT2D eigenvalue weighted by molar-refractivity contribution is -0.122. The first-order valence-electron chi connectivity index (χ1n) is 11.7. The minimum absolute atomic E-state index is 0.126. The maximum atomic E-state index is 13.4. The van der Waals surface area contributed by atoms with E-state index in [1.807, 2.05) is 37.3 Å². The molecule has 0 spiro atoms. The van der Waals surface area contributed by atoms with Crippen LogP contribution in [-0.2, 0) is 17.9 Å². The van der Waals surface area contributed by atoms with Crippen LogP contribution >= 0.6 is 24.0 Å². The number of aromatic nitrogens is 1. The third kappa shape index (κ3) is 4.86. The third-order valence-electron chi connectivity index (χ3n) is 6.35. The van der Waals surface area contributed by atoms with Gasteiger partial charge in [0, 0.05) is 25.2 Å². The number of thioether (sulfide) groups is 1. The molecule has 0 unspecified atom stereocenters. The second kappa shape index (κ2) is 10.7. The van der Waals surface area contributed by atoms with E-state index in [4.69, 9.17) is 17.0 Å². The molecule has 0 atom stereocenters. The Hall–Kier alpha value is -3.09. The van der Waals surface area contributed by atoms with Crippen LogP contribution in [0.5, 0.6) is 5.75 Å². The van der Waals surface area contributed by atoms with Crippen molar-refractivity contribution in [2.45, 2.75) is 46.2 Å². The maximum absolute atomic E-state index is 13.4. The van der Waals surface area contributed by atoms with Gasteiger partial charge in [-0.15, -0.1) is 0 Å². The van der Waals surface area contributed by atoms with Crippen LogP contribution < -0.4 is 15.2 Å². The number of carbonyl (C=O) groups is 1. The summed E-state index contributed by atoms with van der Waals surface area (Å²) in [4.78, 5) is 30.9. The number of pyridine rings is 1. The van der Waals surface area contributed by atoms with Crippen molar-refractivity contribution in [2.24, 2.45) is 0 Å². The zero-order valence-corrected chi connectivity index (χ0v) is 21.8. The van der Waals surface area contributed by atoms with Crippen LogP contribution in [0.2, 0.25) is 0 Å². The Kier molecular flexibility index (Phi) is 7.63. The van der Waals surface area contributed by atoms with E-state index in [1.54, 1.807) is 23.5 Å². The average Bonchev–Trinajstić information content (AvgIpc) is 3.47. The molecule has 7 nitrogen and oxygen atoms in total. The highest BCUT2D eigenvalue weighted by atomic mass is 32.2. The Morgan fingerprint density at radius 2 is 1.89 bits per heavy atom. The molecule has 0 N–H and O–H groups in total. The number of ether oxygens (including phenoxy) is 1. The van der Waals surface area contributed by atoms with E-state index in [0.29, 0.717) is 27.9 Å². The summed E-state index contributed by atoms with van der Waals surface area (Å²) in [5.74, 6) is 1.38. The number of anilines is 1. The highest BCUT2D eigenvalue weighted by Gasteiger charge is 2.33. The molecular weight excluding hydrogens is 480 g/mol. The summed E-state index contributed by atoms with van der Waals surface area (Å²) in [5.41, 5.74) is 2.16. The number of nitrogens with zero attached hydrogens (tertiary/aromatic N) is 4. The van der Waals surface area contributed by atoms with Crippen LogP contribution in [0.3, 0.4) is 0 Å². The molecule has 0 bridgehead atoms. The standard InChI is InChI=1S/C26H28N4O3S2/c1-4-11-29-23(28-12-5-6-13-28)20(17(2)21(15-27)24(29)31)14-22-25(32)30(26(34)35-22)16-18-7-9-19(33-3)10-8-18/h7-10,14H,4-6,11-13,16H2,1-3H3. The first-order chi connectivity index (χ1) is 16.9. The molecule has 35 heavy (non-hydrogen) atoms. The molecule has 1 aromatic heterocycles. The number of hydrogen-bond donors (Lipinski definition) is 0. The molecule has 2 aromatic rings. The second-order valence-electron chi connectivity index (χ2n) is 8.62. The highest BCUT2D eigenvalue weighted by Crippen LogP contribution is 2.37. The molecule has 0 saturated carbocycles. The van der Waals surface area contributed by atoms with E-state index >= 15 is 0 Å². The Labute approximate surface area is 215 Å².